The van der Waals surface area contributed by atoms with E-state index < -0.39 is 11.9 Å². The summed E-state index contributed by atoms with van der Waals surface area (Å²) in [5, 5.41) is 4.39. The van der Waals surface area contributed by atoms with Crippen LogP contribution >= 0.6 is 11.3 Å². The lowest BCUT2D eigenvalue weighted by Gasteiger charge is -2.27. The van der Waals surface area contributed by atoms with E-state index in [1.165, 1.54) is 11.3 Å². The van der Waals surface area contributed by atoms with Gasteiger partial charge in [-0.15, -0.1) is 11.3 Å². The highest BCUT2D eigenvalue weighted by atomic mass is 32.1. The van der Waals surface area contributed by atoms with Crippen molar-refractivity contribution < 1.29 is 19.1 Å². The normalized spacial score (nSPS) is 20.6. The number of imide groups is 1. The number of morpholine rings is 1. The van der Waals surface area contributed by atoms with E-state index in [4.69, 9.17) is 4.74 Å². The molecule has 22 heavy (non-hydrogen) atoms. The van der Waals surface area contributed by atoms with Crippen molar-refractivity contribution in [1.82, 2.24) is 15.1 Å². The smallest absolute Gasteiger partial charge is 0.329 e. The van der Waals surface area contributed by atoms with E-state index in [1.54, 1.807) is 11.0 Å². The first kappa shape index (κ1) is 14.7. The van der Waals surface area contributed by atoms with Gasteiger partial charge in [-0.2, -0.15) is 0 Å². The van der Waals surface area contributed by atoms with E-state index in [9.17, 15) is 14.4 Å². The maximum absolute atomic E-state index is 12.2. The van der Waals surface area contributed by atoms with Crippen molar-refractivity contribution >= 4 is 35.3 Å². The average Bonchev–Trinajstić information content (AvgIpc) is 3.12. The highest BCUT2D eigenvalue weighted by Crippen LogP contribution is 2.17. The SMILES string of the molecule is O=C(CN1C(=O)N/C(=C\c2cccs2)C1=O)N1CCOCC1. The Bertz CT molecular complexity index is 620. The third kappa shape index (κ3) is 3.02. The quantitative estimate of drug-likeness (QED) is 0.649. The molecular weight excluding hydrogens is 306 g/mol. The van der Waals surface area contributed by atoms with Crippen LogP contribution in [-0.2, 0) is 14.3 Å². The van der Waals surface area contributed by atoms with Gasteiger partial charge in [-0.05, 0) is 17.5 Å². The maximum atomic E-state index is 12.2. The fourth-order valence-electron chi connectivity index (χ4n) is 2.28. The molecule has 2 fully saturated rings. The molecule has 0 unspecified atom stereocenters. The summed E-state index contributed by atoms with van der Waals surface area (Å²) in [6, 6.07) is 3.14. The molecule has 0 aromatic carbocycles. The van der Waals surface area contributed by atoms with Crippen molar-refractivity contribution in [3.05, 3.63) is 28.1 Å². The lowest BCUT2D eigenvalue weighted by atomic mass is 10.3. The van der Waals surface area contributed by atoms with Crippen molar-refractivity contribution in [2.75, 3.05) is 32.8 Å². The molecule has 1 N–H and O–H groups in total. The number of amides is 4. The molecule has 0 aliphatic carbocycles. The molecule has 8 heteroatoms. The topological polar surface area (TPSA) is 79.0 Å². The van der Waals surface area contributed by atoms with E-state index >= 15 is 0 Å². The standard InChI is InChI=1S/C14H15N3O4S/c18-12(16-3-5-21-6-4-16)9-17-13(19)11(15-14(17)20)8-10-2-1-7-22-10/h1-2,7-8H,3-6,9H2,(H,15,20)/b11-8-. The van der Waals surface area contributed by atoms with Crippen LogP contribution in [0.1, 0.15) is 4.88 Å². The lowest BCUT2D eigenvalue weighted by Crippen LogP contribution is -2.47. The molecule has 4 amide bonds. The molecule has 3 heterocycles. The minimum atomic E-state index is -0.561. The molecule has 0 radical (unpaired) electrons. The van der Waals surface area contributed by atoms with Crippen molar-refractivity contribution in [3.8, 4) is 0 Å². The van der Waals surface area contributed by atoms with Crippen LogP contribution in [-0.4, -0.2) is 60.5 Å². The van der Waals surface area contributed by atoms with Gasteiger partial charge < -0.3 is 15.0 Å². The molecule has 116 valence electrons. The van der Waals surface area contributed by atoms with Gasteiger partial charge in [0.2, 0.25) is 5.91 Å². The van der Waals surface area contributed by atoms with Gasteiger partial charge in [-0.25, -0.2) is 9.69 Å². The number of hydrogen-bond donors (Lipinski definition) is 1. The van der Waals surface area contributed by atoms with Crippen LogP contribution in [0.4, 0.5) is 4.79 Å². The Hall–Kier alpha value is -2.19. The van der Waals surface area contributed by atoms with E-state index in [0.717, 1.165) is 9.78 Å². The second-order valence-corrected chi connectivity index (χ2v) is 5.87. The van der Waals surface area contributed by atoms with E-state index in [1.807, 2.05) is 17.5 Å². The largest absolute Gasteiger partial charge is 0.378 e. The fourth-order valence-corrected chi connectivity index (χ4v) is 2.94. The summed E-state index contributed by atoms with van der Waals surface area (Å²) in [6.07, 6.45) is 1.62. The van der Waals surface area contributed by atoms with E-state index in [2.05, 4.69) is 5.32 Å². The maximum Gasteiger partial charge on any atom is 0.329 e. The van der Waals surface area contributed by atoms with Crippen molar-refractivity contribution in [2.24, 2.45) is 0 Å². The fraction of sp³-hybridized carbons (Fsp3) is 0.357. The summed E-state index contributed by atoms with van der Waals surface area (Å²) in [4.78, 5) is 39.7. The number of carbonyl (C=O) groups is 3. The predicted molar refractivity (Wildman–Crippen MR) is 79.9 cm³/mol. The van der Waals surface area contributed by atoms with Gasteiger partial charge in [-0.3, -0.25) is 9.59 Å². The summed E-state index contributed by atoms with van der Waals surface area (Å²) >= 11 is 1.46. The van der Waals surface area contributed by atoms with Gasteiger partial charge >= 0.3 is 6.03 Å². The molecule has 0 spiro atoms. The lowest BCUT2D eigenvalue weighted by molar-refractivity contribution is -0.139. The molecule has 0 atom stereocenters. The minimum absolute atomic E-state index is 0.197. The number of hydrogen-bond acceptors (Lipinski definition) is 5. The van der Waals surface area contributed by atoms with Crippen LogP contribution in [0.3, 0.4) is 0 Å². The predicted octanol–water partition coefficient (Wildman–Crippen LogP) is 0.500. The molecule has 7 nitrogen and oxygen atoms in total. The van der Waals surface area contributed by atoms with Crippen LogP contribution in [0.15, 0.2) is 23.2 Å². The monoisotopic (exact) mass is 321 g/mol. The van der Waals surface area contributed by atoms with Crippen LogP contribution in [0.5, 0.6) is 0 Å². The second-order valence-electron chi connectivity index (χ2n) is 4.89. The van der Waals surface area contributed by atoms with Gasteiger partial charge in [-0.1, -0.05) is 6.07 Å². The number of nitrogens with zero attached hydrogens (tertiary/aromatic N) is 2. The Morgan fingerprint density at radius 3 is 2.82 bits per heavy atom. The van der Waals surface area contributed by atoms with Gasteiger partial charge in [0.25, 0.3) is 5.91 Å². The zero-order valence-electron chi connectivity index (χ0n) is 11.8. The first-order valence-corrected chi connectivity index (χ1v) is 7.76. The number of ether oxygens (including phenoxy) is 1. The zero-order valence-corrected chi connectivity index (χ0v) is 12.6. The molecule has 3 rings (SSSR count). The molecule has 1 aromatic rings. The van der Waals surface area contributed by atoms with E-state index in [-0.39, 0.29) is 18.1 Å². The van der Waals surface area contributed by atoms with Gasteiger partial charge in [0.1, 0.15) is 12.2 Å². The number of urea groups is 1. The molecule has 0 saturated carbocycles. The Morgan fingerprint density at radius 1 is 1.36 bits per heavy atom. The summed E-state index contributed by atoms with van der Waals surface area (Å²) in [5.74, 6) is -0.718. The van der Waals surface area contributed by atoms with Gasteiger partial charge in [0.15, 0.2) is 0 Å². The Labute approximate surface area is 131 Å². The molecule has 2 aliphatic rings. The van der Waals surface area contributed by atoms with Gasteiger partial charge in [0, 0.05) is 18.0 Å². The third-order valence-electron chi connectivity index (χ3n) is 3.45. The van der Waals surface area contributed by atoms with Crippen molar-refractivity contribution in [1.29, 1.82) is 0 Å². The van der Waals surface area contributed by atoms with Crippen molar-refractivity contribution in [2.45, 2.75) is 0 Å². The molecule has 2 saturated heterocycles. The number of rotatable bonds is 3. The highest BCUT2D eigenvalue weighted by molar-refractivity contribution is 7.10. The van der Waals surface area contributed by atoms with Crippen LogP contribution in [0, 0.1) is 0 Å². The molecule has 1 aromatic heterocycles. The number of carbonyl (C=O) groups excluding carboxylic acids is 3. The second kappa shape index (κ2) is 6.29. The summed E-state index contributed by atoms with van der Waals surface area (Å²) < 4.78 is 5.18. The summed E-state index contributed by atoms with van der Waals surface area (Å²) in [5.41, 5.74) is 0.197. The molecular formula is C14H15N3O4S. The first-order valence-electron chi connectivity index (χ1n) is 6.89. The Kier molecular flexibility index (Phi) is 4.21. The molecule has 2 aliphatic heterocycles. The van der Waals surface area contributed by atoms with E-state index in [0.29, 0.717) is 26.3 Å². The molecule has 0 bridgehead atoms. The number of thiophene rings is 1. The highest BCUT2D eigenvalue weighted by Gasteiger charge is 2.36. The van der Waals surface area contributed by atoms with Gasteiger partial charge in [0.05, 0.1) is 13.2 Å². The van der Waals surface area contributed by atoms with Crippen LogP contribution in [0.2, 0.25) is 0 Å². The Balaban J connectivity index is 1.68. The first-order chi connectivity index (χ1) is 10.6. The average molecular weight is 321 g/mol. The summed E-state index contributed by atoms with van der Waals surface area (Å²) in [6.45, 7) is 1.69. The van der Waals surface area contributed by atoms with Crippen LogP contribution < -0.4 is 5.32 Å². The minimum Gasteiger partial charge on any atom is -0.378 e. The summed E-state index contributed by atoms with van der Waals surface area (Å²) in [7, 11) is 0. The van der Waals surface area contributed by atoms with Crippen LogP contribution in [0.25, 0.3) is 6.08 Å². The number of nitrogens with one attached hydrogen (secondary N) is 1. The zero-order chi connectivity index (χ0) is 15.5. The third-order valence-corrected chi connectivity index (χ3v) is 4.27. The Morgan fingerprint density at radius 2 is 2.14 bits per heavy atom. The van der Waals surface area contributed by atoms with Crippen molar-refractivity contribution in [3.63, 3.8) is 0 Å².